The van der Waals surface area contributed by atoms with Gasteiger partial charge in [-0.05, 0) is 46.4 Å². The molecule has 0 heterocycles. The summed E-state index contributed by atoms with van der Waals surface area (Å²) >= 11 is 5.61. The summed E-state index contributed by atoms with van der Waals surface area (Å²) in [6.45, 7) is 0. The largest absolute Gasteiger partial charge is 0.270 e. The van der Waals surface area contributed by atoms with E-state index in [0.29, 0.717) is 0 Å². The van der Waals surface area contributed by atoms with E-state index in [2.05, 4.69) is 49.9 Å². The summed E-state index contributed by atoms with van der Waals surface area (Å²) in [5.74, 6) is 7.90. The van der Waals surface area contributed by atoms with Crippen LogP contribution in [-0.4, -0.2) is 0 Å². The van der Waals surface area contributed by atoms with Gasteiger partial charge in [-0.25, -0.2) is 5.43 Å². The number of terminal acetylenes is 1. The Morgan fingerprint density at radius 1 is 1.62 bits per heavy atom. The molecule has 0 aromatic heterocycles. The first kappa shape index (κ1) is 11.0. The van der Waals surface area contributed by atoms with Crippen molar-refractivity contribution < 1.29 is 0 Å². The Morgan fingerprint density at radius 2 is 2.31 bits per heavy atom. The van der Waals surface area contributed by atoms with Gasteiger partial charge in [0.15, 0.2) is 0 Å². The first-order chi connectivity index (χ1) is 6.19. The Kier molecular flexibility index (Phi) is 4.19. The molecule has 0 amide bonds. The Labute approximate surface area is 99.5 Å². The molecule has 3 N–H and O–H groups in total. The molecule has 68 valence electrons. The third kappa shape index (κ3) is 2.68. The molecule has 1 atom stereocenters. The molecule has 0 saturated carbocycles. The number of hydrogen-bond donors (Lipinski definition) is 2. The van der Waals surface area contributed by atoms with E-state index in [1.165, 1.54) is 0 Å². The van der Waals surface area contributed by atoms with Gasteiger partial charge in [0.1, 0.15) is 6.04 Å². The molecule has 0 aliphatic heterocycles. The SMILES string of the molecule is C#CC(NN)c1cc(Br)ccc1I. The smallest absolute Gasteiger partial charge is 0.108 e. The van der Waals surface area contributed by atoms with Crippen LogP contribution in [0.5, 0.6) is 0 Å². The maximum Gasteiger partial charge on any atom is 0.108 e. The van der Waals surface area contributed by atoms with Crippen LogP contribution in [0.4, 0.5) is 0 Å². The second-order valence-electron chi connectivity index (χ2n) is 2.43. The normalized spacial score (nSPS) is 12.2. The van der Waals surface area contributed by atoms with Crippen molar-refractivity contribution >= 4 is 38.5 Å². The summed E-state index contributed by atoms with van der Waals surface area (Å²) < 4.78 is 2.10. The van der Waals surface area contributed by atoms with Crippen molar-refractivity contribution in [2.75, 3.05) is 0 Å². The van der Waals surface area contributed by atoms with Gasteiger partial charge < -0.3 is 0 Å². The average molecular weight is 351 g/mol. The van der Waals surface area contributed by atoms with Crippen molar-refractivity contribution in [2.45, 2.75) is 6.04 Å². The van der Waals surface area contributed by atoms with Crippen LogP contribution in [0.3, 0.4) is 0 Å². The van der Waals surface area contributed by atoms with E-state index in [1.807, 2.05) is 18.2 Å². The highest BCUT2D eigenvalue weighted by molar-refractivity contribution is 14.1. The van der Waals surface area contributed by atoms with E-state index in [9.17, 15) is 0 Å². The van der Waals surface area contributed by atoms with E-state index in [1.54, 1.807) is 0 Å². The molecule has 0 fully saturated rings. The molecule has 1 aromatic carbocycles. The molecule has 0 aliphatic rings. The van der Waals surface area contributed by atoms with Crippen LogP contribution in [-0.2, 0) is 0 Å². The van der Waals surface area contributed by atoms with Crippen molar-refractivity contribution in [3.05, 3.63) is 31.8 Å². The number of benzene rings is 1. The Bertz CT molecular complexity index is 346. The summed E-state index contributed by atoms with van der Waals surface area (Å²) in [6.07, 6.45) is 5.32. The minimum Gasteiger partial charge on any atom is -0.270 e. The van der Waals surface area contributed by atoms with Crippen molar-refractivity contribution in [3.63, 3.8) is 0 Å². The van der Waals surface area contributed by atoms with Gasteiger partial charge in [-0.1, -0.05) is 21.9 Å². The number of hydrazine groups is 1. The summed E-state index contributed by atoms with van der Waals surface area (Å²) in [4.78, 5) is 0. The number of hydrogen-bond acceptors (Lipinski definition) is 2. The minimum absolute atomic E-state index is 0.232. The molecular formula is C9H8BrIN2. The Morgan fingerprint density at radius 3 is 2.85 bits per heavy atom. The van der Waals surface area contributed by atoms with Gasteiger partial charge in [0.05, 0.1) is 0 Å². The standard InChI is InChI=1S/C9H8BrIN2/c1-2-9(13-12)7-5-6(10)3-4-8(7)11/h1,3-5,9,13H,12H2. The Balaban J connectivity index is 3.13. The van der Waals surface area contributed by atoms with Gasteiger partial charge in [-0.2, -0.15) is 0 Å². The zero-order chi connectivity index (χ0) is 9.84. The molecule has 0 bridgehead atoms. The zero-order valence-corrected chi connectivity index (χ0v) is 10.5. The van der Waals surface area contributed by atoms with Crippen LogP contribution < -0.4 is 11.3 Å². The van der Waals surface area contributed by atoms with E-state index in [4.69, 9.17) is 12.3 Å². The molecule has 0 saturated heterocycles. The second kappa shape index (κ2) is 4.96. The van der Waals surface area contributed by atoms with Gasteiger partial charge in [0.25, 0.3) is 0 Å². The summed E-state index contributed by atoms with van der Waals surface area (Å²) in [5.41, 5.74) is 3.59. The van der Waals surface area contributed by atoms with Crippen molar-refractivity contribution in [2.24, 2.45) is 5.84 Å². The topological polar surface area (TPSA) is 38.0 Å². The van der Waals surface area contributed by atoms with Crippen LogP contribution in [0.15, 0.2) is 22.7 Å². The maximum absolute atomic E-state index is 5.32. The lowest BCUT2D eigenvalue weighted by molar-refractivity contribution is 0.671. The summed E-state index contributed by atoms with van der Waals surface area (Å²) in [5, 5.41) is 0. The minimum atomic E-state index is -0.232. The van der Waals surface area contributed by atoms with Gasteiger partial charge in [-0.15, -0.1) is 6.42 Å². The van der Waals surface area contributed by atoms with Gasteiger partial charge >= 0.3 is 0 Å². The monoisotopic (exact) mass is 350 g/mol. The number of rotatable bonds is 2. The fourth-order valence-electron chi connectivity index (χ4n) is 0.964. The Hall–Kier alpha value is -0.0900. The zero-order valence-electron chi connectivity index (χ0n) is 6.72. The van der Waals surface area contributed by atoms with Crippen LogP contribution >= 0.6 is 38.5 Å². The predicted molar refractivity (Wildman–Crippen MR) is 65.8 cm³/mol. The molecule has 1 aromatic rings. The number of nitrogens with one attached hydrogen (secondary N) is 1. The molecule has 2 nitrogen and oxygen atoms in total. The lowest BCUT2D eigenvalue weighted by Crippen LogP contribution is -2.27. The molecule has 4 heteroatoms. The van der Waals surface area contributed by atoms with E-state index < -0.39 is 0 Å². The van der Waals surface area contributed by atoms with E-state index in [-0.39, 0.29) is 6.04 Å². The fourth-order valence-corrected chi connectivity index (χ4v) is 1.99. The van der Waals surface area contributed by atoms with Gasteiger partial charge in [0.2, 0.25) is 0 Å². The lowest BCUT2D eigenvalue weighted by Gasteiger charge is -2.11. The first-order valence-corrected chi connectivity index (χ1v) is 5.43. The third-order valence-electron chi connectivity index (χ3n) is 1.60. The van der Waals surface area contributed by atoms with Gasteiger partial charge in [0, 0.05) is 8.04 Å². The molecule has 0 radical (unpaired) electrons. The fraction of sp³-hybridized carbons (Fsp3) is 0.111. The molecular weight excluding hydrogens is 343 g/mol. The van der Waals surface area contributed by atoms with Crippen molar-refractivity contribution in [3.8, 4) is 12.3 Å². The number of nitrogens with two attached hydrogens (primary N) is 1. The summed E-state index contributed by atoms with van der Waals surface area (Å²) in [7, 11) is 0. The predicted octanol–water partition coefficient (Wildman–Crippen LogP) is 2.19. The molecule has 1 unspecified atom stereocenters. The lowest BCUT2D eigenvalue weighted by atomic mass is 10.1. The molecule has 0 spiro atoms. The van der Waals surface area contributed by atoms with Crippen molar-refractivity contribution in [1.82, 2.24) is 5.43 Å². The second-order valence-corrected chi connectivity index (χ2v) is 4.51. The quantitative estimate of drug-likeness (QED) is 0.371. The first-order valence-electron chi connectivity index (χ1n) is 3.56. The third-order valence-corrected chi connectivity index (χ3v) is 3.08. The highest BCUT2D eigenvalue weighted by atomic mass is 127. The average Bonchev–Trinajstić information content (AvgIpc) is 2.13. The molecule has 13 heavy (non-hydrogen) atoms. The molecule has 1 rings (SSSR count). The molecule has 0 aliphatic carbocycles. The highest BCUT2D eigenvalue weighted by Crippen LogP contribution is 2.23. The van der Waals surface area contributed by atoms with Gasteiger partial charge in [-0.3, -0.25) is 5.84 Å². The van der Waals surface area contributed by atoms with Crippen LogP contribution in [0.1, 0.15) is 11.6 Å². The van der Waals surface area contributed by atoms with Crippen molar-refractivity contribution in [1.29, 1.82) is 0 Å². The number of halogens is 2. The van der Waals surface area contributed by atoms with Crippen LogP contribution in [0.2, 0.25) is 0 Å². The van der Waals surface area contributed by atoms with Crippen LogP contribution in [0, 0.1) is 15.9 Å². The van der Waals surface area contributed by atoms with E-state index >= 15 is 0 Å². The summed E-state index contributed by atoms with van der Waals surface area (Å²) in [6, 6.07) is 5.69. The van der Waals surface area contributed by atoms with Crippen LogP contribution in [0.25, 0.3) is 0 Å². The highest BCUT2D eigenvalue weighted by Gasteiger charge is 2.09. The van der Waals surface area contributed by atoms with E-state index in [0.717, 1.165) is 13.6 Å². The maximum atomic E-state index is 5.32.